The van der Waals surface area contributed by atoms with Crippen molar-refractivity contribution in [3.05, 3.63) is 53.1 Å². The van der Waals surface area contributed by atoms with Crippen LogP contribution in [-0.2, 0) is 9.53 Å². The summed E-state index contributed by atoms with van der Waals surface area (Å²) in [6.07, 6.45) is 0.421. The molecule has 1 amide bonds. The second kappa shape index (κ2) is 8.91. The summed E-state index contributed by atoms with van der Waals surface area (Å²) in [5, 5.41) is 6.49. The molecule has 5 nitrogen and oxygen atoms in total. The van der Waals surface area contributed by atoms with E-state index in [9.17, 15) is 4.79 Å². The Hall–Kier alpha value is -2.53. The van der Waals surface area contributed by atoms with Crippen molar-refractivity contribution in [2.75, 3.05) is 48.4 Å². The number of carbonyl (C=O) groups is 1. The van der Waals surface area contributed by atoms with Crippen LogP contribution in [0.3, 0.4) is 0 Å². The second-order valence-corrected chi connectivity index (χ2v) is 7.12. The van der Waals surface area contributed by atoms with Gasteiger partial charge in [0.2, 0.25) is 5.91 Å². The summed E-state index contributed by atoms with van der Waals surface area (Å²) >= 11 is 0. The lowest BCUT2D eigenvalue weighted by atomic mass is 10.1. The van der Waals surface area contributed by atoms with Crippen LogP contribution in [0.4, 0.5) is 17.1 Å². The number of carbonyl (C=O) groups excluding carboxylic acids is 1. The number of anilines is 3. The summed E-state index contributed by atoms with van der Waals surface area (Å²) in [6.45, 7) is 10.0. The molecule has 27 heavy (non-hydrogen) atoms. The first-order chi connectivity index (χ1) is 13.0. The molecule has 3 rings (SSSR count). The predicted molar refractivity (Wildman–Crippen MR) is 112 cm³/mol. The van der Waals surface area contributed by atoms with Crippen LogP contribution in [0.25, 0.3) is 0 Å². The van der Waals surface area contributed by atoms with Crippen LogP contribution >= 0.6 is 0 Å². The standard InChI is InChI=1S/C22H29N3O2/c1-16-14-17(2)22(18(3)15-16)24-21(26)8-9-23-19-6-4-5-7-20(19)25-10-12-27-13-11-25/h4-7,14-15,23H,8-13H2,1-3H3,(H,24,26). The van der Waals surface area contributed by atoms with Crippen molar-refractivity contribution in [3.63, 3.8) is 0 Å². The van der Waals surface area contributed by atoms with Gasteiger partial charge in [0.25, 0.3) is 0 Å². The van der Waals surface area contributed by atoms with E-state index in [0.29, 0.717) is 13.0 Å². The summed E-state index contributed by atoms with van der Waals surface area (Å²) in [6, 6.07) is 12.4. The van der Waals surface area contributed by atoms with Gasteiger partial charge in [0.1, 0.15) is 0 Å². The third-order valence-electron chi connectivity index (χ3n) is 4.86. The maximum atomic E-state index is 12.4. The molecule has 1 saturated heterocycles. The molecular weight excluding hydrogens is 338 g/mol. The molecule has 0 atom stereocenters. The third kappa shape index (κ3) is 5.01. The Bertz CT molecular complexity index is 775. The van der Waals surface area contributed by atoms with E-state index in [1.165, 1.54) is 11.3 Å². The fourth-order valence-electron chi connectivity index (χ4n) is 3.59. The van der Waals surface area contributed by atoms with E-state index in [2.05, 4.69) is 46.7 Å². The molecule has 1 aliphatic heterocycles. The van der Waals surface area contributed by atoms with Crippen LogP contribution in [0.2, 0.25) is 0 Å². The highest BCUT2D eigenvalue weighted by Gasteiger charge is 2.14. The second-order valence-electron chi connectivity index (χ2n) is 7.12. The smallest absolute Gasteiger partial charge is 0.226 e. The van der Waals surface area contributed by atoms with E-state index in [0.717, 1.165) is 48.8 Å². The Kier molecular flexibility index (Phi) is 6.35. The topological polar surface area (TPSA) is 53.6 Å². The first-order valence-electron chi connectivity index (χ1n) is 9.58. The van der Waals surface area contributed by atoms with Crippen molar-refractivity contribution in [1.29, 1.82) is 0 Å². The van der Waals surface area contributed by atoms with E-state index in [4.69, 9.17) is 4.74 Å². The van der Waals surface area contributed by atoms with Crippen molar-refractivity contribution in [3.8, 4) is 0 Å². The van der Waals surface area contributed by atoms with Gasteiger partial charge in [-0.2, -0.15) is 0 Å². The molecular formula is C22H29N3O2. The van der Waals surface area contributed by atoms with Crippen molar-refractivity contribution in [2.45, 2.75) is 27.2 Å². The number of nitrogens with zero attached hydrogens (tertiary/aromatic N) is 1. The Morgan fingerprint density at radius 1 is 1.07 bits per heavy atom. The number of amides is 1. The summed E-state index contributed by atoms with van der Waals surface area (Å²) in [5.74, 6) is 0.0291. The molecule has 144 valence electrons. The van der Waals surface area contributed by atoms with Gasteiger partial charge in [0.15, 0.2) is 0 Å². The largest absolute Gasteiger partial charge is 0.383 e. The maximum Gasteiger partial charge on any atom is 0.226 e. The number of aryl methyl sites for hydroxylation is 3. The molecule has 0 aromatic heterocycles. The molecule has 0 saturated carbocycles. The summed E-state index contributed by atoms with van der Waals surface area (Å²) in [5.41, 5.74) is 6.59. The van der Waals surface area contributed by atoms with Crippen LogP contribution in [0, 0.1) is 20.8 Å². The van der Waals surface area contributed by atoms with Crippen molar-refractivity contribution < 1.29 is 9.53 Å². The Labute approximate surface area is 161 Å². The average molecular weight is 367 g/mol. The van der Waals surface area contributed by atoms with Gasteiger partial charge in [-0.3, -0.25) is 4.79 Å². The lowest BCUT2D eigenvalue weighted by Crippen LogP contribution is -2.36. The van der Waals surface area contributed by atoms with Gasteiger partial charge in [0.05, 0.1) is 24.6 Å². The van der Waals surface area contributed by atoms with Crippen molar-refractivity contribution >= 4 is 23.0 Å². The van der Waals surface area contributed by atoms with E-state index in [1.807, 2.05) is 26.0 Å². The SMILES string of the molecule is Cc1cc(C)c(NC(=O)CCNc2ccccc2N2CCOCC2)c(C)c1. The zero-order valence-corrected chi connectivity index (χ0v) is 16.5. The molecule has 1 fully saturated rings. The number of ether oxygens (including phenoxy) is 1. The number of benzene rings is 2. The molecule has 2 aromatic carbocycles. The molecule has 0 aliphatic carbocycles. The molecule has 0 spiro atoms. The maximum absolute atomic E-state index is 12.4. The third-order valence-corrected chi connectivity index (χ3v) is 4.86. The first kappa shape index (κ1) is 19.2. The van der Waals surface area contributed by atoms with Crippen LogP contribution < -0.4 is 15.5 Å². The van der Waals surface area contributed by atoms with Crippen molar-refractivity contribution in [1.82, 2.24) is 0 Å². The fraction of sp³-hybridized carbons (Fsp3) is 0.409. The zero-order chi connectivity index (χ0) is 19.2. The van der Waals surface area contributed by atoms with Crippen LogP contribution in [0.1, 0.15) is 23.1 Å². The van der Waals surface area contributed by atoms with Gasteiger partial charge in [-0.15, -0.1) is 0 Å². The van der Waals surface area contributed by atoms with Crippen LogP contribution in [-0.4, -0.2) is 38.8 Å². The minimum atomic E-state index is 0.0291. The molecule has 0 radical (unpaired) electrons. The molecule has 0 bridgehead atoms. The zero-order valence-electron chi connectivity index (χ0n) is 16.5. The molecule has 1 aliphatic rings. The Morgan fingerprint density at radius 2 is 1.74 bits per heavy atom. The lowest BCUT2D eigenvalue weighted by molar-refractivity contribution is -0.115. The number of morpholine rings is 1. The van der Waals surface area contributed by atoms with Crippen molar-refractivity contribution in [2.24, 2.45) is 0 Å². The van der Waals surface area contributed by atoms with E-state index < -0.39 is 0 Å². The van der Waals surface area contributed by atoms with Gasteiger partial charge in [0, 0.05) is 31.7 Å². The summed E-state index contributed by atoms with van der Waals surface area (Å²) in [7, 11) is 0. The normalized spacial score (nSPS) is 14.1. The molecule has 5 heteroatoms. The summed E-state index contributed by atoms with van der Waals surface area (Å²) in [4.78, 5) is 14.7. The van der Waals surface area contributed by atoms with Gasteiger partial charge < -0.3 is 20.3 Å². The van der Waals surface area contributed by atoms with E-state index >= 15 is 0 Å². The average Bonchev–Trinajstić information content (AvgIpc) is 2.66. The number of nitrogens with one attached hydrogen (secondary N) is 2. The van der Waals surface area contributed by atoms with Crippen LogP contribution in [0.5, 0.6) is 0 Å². The molecule has 1 heterocycles. The van der Waals surface area contributed by atoms with Crippen LogP contribution in [0.15, 0.2) is 36.4 Å². The van der Waals surface area contributed by atoms with Gasteiger partial charge in [-0.05, 0) is 44.0 Å². The van der Waals surface area contributed by atoms with E-state index in [1.54, 1.807) is 0 Å². The minimum Gasteiger partial charge on any atom is -0.383 e. The van der Waals surface area contributed by atoms with Gasteiger partial charge in [-0.1, -0.05) is 29.8 Å². The predicted octanol–water partition coefficient (Wildman–Crippen LogP) is 3.89. The van der Waals surface area contributed by atoms with E-state index in [-0.39, 0.29) is 5.91 Å². The molecule has 0 unspecified atom stereocenters. The fourth-order valence-corrected chi connectivity index (χ4v) is 3.59. The summed E-state index contributed by atoms with van der Waals surface area (Å²) < 4.78 is 5.44. The van der Waals surface area contributed by atoms with Gasteiger partial charge >= 0.3 is 0 Å². The number of rotatable bonds is 6. The number of para-hydroxylation sites is 2. The highest BCUT2D eigenvalue weighted by molar-refractivity contribution is 5.92. The number of hydrogen-bond donors (Lipinski definition) is 2. The van der Waals surface area contributed by atoms with Gasteiger partial charge in [-0.25, -0.2) is 0 Å². The first-order valence-corrected chi connectivity index (χ1v) is 9.58. The molecule has 2 aromatic rings. The highest BCUT2D eigenvalue weighted by Crippen LogP contribution is 2.26. The number of hydrogen-bond acceptors (Lipinski definition) is 4. The quantitative estimate of drug-likeness (QED) is 0.813. The minimum absolute atomic E-state index is 0.0291. The Morgan fingerprint density at radius 3 is 2.44 bits per heavy atom. The highest BCUT2D eigenvalue weighted by atomic mass is 16.5. The monoisotopic (exact) mass is 367 g/mol. The Balaban J connectivity index is 1.56. The molecule has 2 N–H and O–H groups in total. The lowest BCUT2D eigenvalue weighted by Gasteiger charge is -2.30.